The van der Waals surface area contributed by atoms with Crippen LogP contribution in [0.1, 0.15) is 26.3 Å². The van der Waals surface area contributed by atoms with Crippen LogP contribution in [0.4, 0.5) is 0 Å². The summed E-state index contributed by atoms with van der Waals surface area (Å²) in [4.78, 5) is 0. The topological polar surface area (TPSA) is 43.8 Å². The molecular weight excluding hydrogens is 210 g/mol. The lowest BCUT2D eigenvalue weighted by Crippen LogP contribution is -2.24. The predicted molar refractivity (Wildman–Crippen MR) is 70.6 cm³/mol. The fourth-order valence-corrected chi connectivity index (χ4v) is 1.99. The summed E-state index contributed by atoms with van der Waals surface area (Å²) in [5.74, 6) is 0. The number of nitrogens with two attached hydrogens (primary N) is 1. The van der Waals surface area contributed by atoms with Crippen molar-refractivity contribution in [2.45, 2.75) is 32.9 Å². The Kier molecular flexibility index (Phi) is 3.03. The van der Waals surface area contributed by atoms with Crippen LogP contribution in [-0.2, 0) is 12.1 Å². The Morgan fingerprint density at radius 2 is 1.88 bits per heavy atom. The van der Waals surface area contributed by atoms with Crippen molar-refractivity contribution in [2.75, 3.05) is 0 Å². The van der Waals surface area contributed by atoms with E-state index < -0.39 is 0 Å². The summed E-state index contributed by atoms with van der Waals surface area (Å²) in [6.45, 7) is 6.99. The zero-order valence-electron chi connectivity index (χ0n) is 10.6. The molecule has 0 atom stereocenters. The van der Waals surface area contributed by atoms with Crippen LogP contribution in [0.3, 0.4) is 0 Å². The Bertz CT molecular complexity index is 506. The van der Waals surface area contributed by atoms with E-state index in [1.807, 2.05) is 29.1 Å². The van der Waals surface area contributed by atoms with Crippen molar-refractivity contribution in [3.8, 4) is 11.3 Å². The van der Waals surface area contributed by atoms with E-state index in [-0.39, 0.29) is 5.54 Å². The van der Waals surface area contributed by atoms with Crippen molar-refractivity contribution in [1.29, 1.82) is 0 Å². The molecule has 17 heavy (non-hydrogen) atoms. The first-order valence-corrected chi connectivity index (χ1v) is 5.87. The maximum Gasteiger partial charge on any atom is 0.0691 e. The molecule has 0 bridgehead atoms. The Hall–Kier alpha value is -1.61. The van der Waals surface area contributed by atoms with Crippen molar-refractivity contribution in [3.05, 3.63) is 42.1 Å². The fourth-order valence-electron chi connectivity index (χ4n) is 1.99. The summed E-state index contributed by atoms with van der Waals surface area (Å²) >= 11 is 0. The lowest BCUT2D eigenvalue weighted by molar-refractivity contribution is 0.360. The van der Waals surface area contributed by atoms with Crippen LogP contribution < -0.4 is 5.73 Å². The molecule has 0 aliphatic carbocycles. The predicted octanol–water partition coefficient (Wildman–Crippen LogP) is 2.76. The lowest BCUT2D eigenvalue weighted by atomic mass is 10.0. The average Bonchev–Trinajstić information content (AvgIpc) is 2.77. The molecule has 3 heteroatoms. The van der Waals surface area contributed by atoms with Gasteiger partial charge in [-0.3, -0.25) is 4.68 Å². The van der Waals surface area contributed by atoms with Crippen molar-refractivity contribution >= 4 is 0 Å². The van der Waals surface area contributed by atoms with Crippen molar-refractivity contribution in [2.24, 2.45) is 5.73 Å². The van der Waals surface area contributed by atoms with Gasteiger partial charge >= 0.3 is 0 Å². The molecule has 0 amide bonds. The summed E-state index contributed by atoms with van der Waals surface area (Å²) in [6, 6.07) is 10.3. The number of hydrogen-bond acceptors (Lipinski definition) is 2. The van der Waals surface area contributed by atoms with E-state index in [1.165, 1.54) is 5.56 Å². The van der Waals surface area contributed by atoms with Gasteiger partial charge in [-0.1, -0.05) is 24.3 Å². The van der Waals surface area contributed by atoms with Gasteiger partial charge in [0.25, 0.3) is 0 Å². The largest absolute Gasteiger partial charge is 0.326 e. The summed E-state index contributed by atoms with van der Waals surface area (Å²) in [7, 11) is 0. The van der Waals surface area contributed by atoms with E-state index >= 15 is 0 Å². The summed E-state index contributed by atoms with van der Waals surface area (Å²) in [5, 5.41) is 4.42. The highest BCUT2D eigenvalue weighted by atomic mass is 15.3. The summed E-state index contributed by atoms with van der Waals surface area (Å²) < 4.78 is 2.04. The average molecular weight is 229 g/mol. The Balaban J connectivity index is 2.58. The number of rotatable bonds is 2. The smallest absolute Gasteiger partial charge is 0.0691 e. The molecular formula is C14H19N3. The zero-order valence-corrected chi connectivity index (χ0v) is 10.6. The molecule has 0 saturated carbocycles. The quantitative estimate of drug-likeness (QED) is 0.860. The Labute approximate surface area is 102 Å². The van der Waals surface area contributed by atoms with Crippen LogP contribution in [0.2, 0.25) is 0 Å². The molecule has 1 aromatic heterocycles. The number of nitrogens with zero attached hydrogens (tertiary/aromatic N) is 2. The van der Waals surface area contributed by atoms with Gasteiger partial charge in [0.2, 0.25) is 0 Å². The van der Waals surface area contributed by atoms with Gasteiger partial charge in [-0.15, -0.1) is 0 Å². The highest BCUT2D eigenvalue weighted by Gasteiger charge is 2.19. The second kappa shape index (κ2) is 4.34. The first-order chi connectivity index (χ1) is 8.04. The van der Waals surface area contributed by atoms with Gasteiger partial charge in [0.1, 0.15) is 0 Å². The van der Waals surface area contributed by atoms with E-state index in [0.717, 1.165) is 11.3 Å². The lowest BCUT2D eigenvalue weighted by Gasteiger charge is -2.23. The fraction of sp³-hybridized carbons (Fsp3) is 0.357. The summed E-state index contributed by atoms with van der Waals surface area (Å²) in [6.07, 6.45) is 1.84. The second-order valence-corrected chi connectivity index (χ2v) is 5.16. The third-order valence-corrected chi connectivity index (χ3v) is 2.79. The van der Waals surface area contributed by atoms with Crippen LogP contribution in [0.15, 0.2) is 36.5 Å². The number of hydrogen-bond donors (Lipinski definition) is 1. The van der Waals surface area contributed by atoms with Crippen molar-refractivity contribution in [1.82, 2.24) is 9.78 Å². The van der Waals surface area contributed by atoms with Crippen molar-refractivity contribution in [3.63, 3.8) is 0 Å². The van der Waals surface area contributed by atoms with Gasteiger partial charge in [0, 0.05) is 18.3 Å². The molecule has 0 unspecified atom stereocenters. The molecule has 2 rings (SSSR count). The molecule has 1 heterocycles. The van der Waals surface area contributed by atoms with E-state index in [0.29, 0.717) is 6.54 Å². The molecule has 1 aromatic carbocycles. The number of benzene rings is 1. The summed E-state index contributed by atoms with van der Waals surface area (Å²) in [5.41, 5.74) is 9.20. The molecule has 0 aliphatic heterocycles. The first kappa shape index (κ1) is 11.9. The monoisotopic (exact) mass is 229 g/mol. The highest BCUT2D eigenvalue weighted by molar-refractivity contribution is 5.64. The molecule has 2 aromatic rings. The minimum absolute atomic E-state index is 0.0272. The van der Waals surface area contributed by atoms with Gasteiger partial charge in [-0.25, -0.2) is 0 Å². The molecule has 3 nitrogen and oxygen atoms in total. The van der Waals surface area contributed by atoms with Crippen LogP contribution in [0.5, 0.6) is 0 Å². The normalized spacial score (nSPS) is 11.8. The molecule has 0 aliphatic rings. The van der Waals surface area contributed by atoms with Gasteiger partial charge in [-0.2, -0.15) is 5.10 Å². The third-order valence-electron chi connectivity index (χ3n) is 2.79. The van der Waals surface area contributed by atoms with Gasteiger partial charge in [0.15, 0.2) is 0 Å². The van der Waals surface area contributed by atoms with Crippen LogP contribution in [-0.4, -0.2) is 9.78 Å². The van der Waals surface area contributed by atoms with E-state index in [9.17, 15) is 0 Å². The van der Waals surface area contributed by atoms with Crippen molar-refractivity contribution < 1.29 is 0 Å². The SMILES string of the molecule is CC(C)(C)n1nccc1-c1ccccc1CN. The zero-order chi connectivity index (χ0) is 12.5. The van der Waals surface area contributed by atoms with E-state index in [4.69, 9.17) is 5.73 Å². The van der Waals surface area contributed by atoms with E-state index in [2.05, 4.69) is 38.0 Å². The molecule has 0 spiro atoms. The standard InChI is InChI=1S/C14H19N3/c1-14(2,3)17-13(8-9-16-17)12-7-5-4-6-11(12)10-15/h4-9H,10,15H2,1-3H3. The minimum Gasteiger partial charge on any atom is -0.326 e. The molecule has 0 fully saturated rings. The van der Waals surface area contributed by atoms with E-state index in [1.54, 1.807) is 0 Å². The third kappa shape index (κ3) is 2.24. The molecule has 2 N–H and O–H groups in total. The molecule has 0 radical (unpaired) electrons. The van der Waals surface area contributed by atoms with Crippen LogP contribution in [0.25, 0.3) is 11.3 Å². The second-order valence-electron chi connectivity index (χ2n) is 5.16. The Morgan fingerprint density at radius 3 is 2.53 bits per heavy atom. The maximum atomic E-state index is 5.79. The van der Waals surface area contributed by atoms with Gasteiger partial charge in [0.05, 0.1) is 11.2 Å². The van der Waals surface area contributed by atoms with Crippen LogP contribution in [0, 0.1) is 0 Å². The van der Waals surface area contributed by atoms with Gasteiger partial charge in [-0.05, 0) is 32.4 Å². The number of aromatic nitrogens is 2. The molecule has 90 valence electrons. The maximum absolute atomic E-state index is 5.79. The van der Waals surface area contributed by atoms with Crippen LogP contribution >= 0.6 is 0 Å². The van der Waals surface area contributed by atoms with Gasteiger partial charge < -0.3 is 5.73 Å². The molecule has 0 saturated heterocycles. The minimum atomic E-state index is -0.0272. The first-order valence-electron chi connectivity index (χ1n) is 5.87. The highest BCUT2D eigenvalue weighted by Crippen LogP contribution is 2.27. The Morgan fingerprint density at radius 1 is 1.18 bits per heavy atom.